The maximum Gasteiger partial charge on any atom is 0.390 e. The van der Waals surface area contributed by atoms with Crippen LogP contribution in [-0.2, 0) is 27.5 Å². The summed E-state index contributed by atoms with van der Waals surface area (Å²) in [6.07, 6.45) is -0.482. The monoisotopic (exact) mass is 328 g/mol. The van der Waals surface area contributed by atoms with Crippen molar-refractivity contribution in [2.24, 2.45) is 0 Å². The van der Waals surface area contributed by atoms with E-state index in [-0.39, 0.29) is 24.2 Å². The average Bonchev–Trinajstić information content (AvgIpc) is 2.09. The molecular formula is C12H26O6P2. The van der Waals surface area contributed by atoms with Crippen LogP contribution in [0, 0.1) is 0 Å². The molecule has 0 rings (SSSR count). The van der Waals surface area contributed by atoms with Gasteiger partial charge in [0, 0.05) is 6.92 Å². The Kier molecular flexibility index (Phi) is 9.12. The van der Waals surface area contributed by atoms with Crippen LogP contribution in [0.2, 0.25) is 0 Å². The molecular weight excluding hydrogens is 302 g/mol. The highest BCUT2D eigenvalue weighted by Gasteiger charge is 2.35. The van der Waals surface area contributed by atoms with Gasteiger partial charge in [0.05, 0.1) is 18.3 Å². The van der Waals surface area contributed by atoms with E-state index in [1.54, 1.807) is 13.8 Å². The first kappa shape index (κ1) is 20.0. The van der Waals surface area contributed by atoms with Crippen molar-refractivity contribution in [2.75, 3.05) is 5.90 Å². The van der Waals surface area contributed by atoms with E-state index in [4.69, 9.17) is 18.1 Å². The average molecular weight is 328 g/mol. The van der Waals surface area contributed by atoms with Gasteiger partial charge in [0.15, 0.2) is 8.38 Å². The van der Waals surface area contributed by atoms with Crippen molar-refractivity contribution in [3.63, 3.8) is 0 Å². The third-order valence-corrected chi connectivity index (χ3v) is 6.49. The molecule has 0 heterocycles. The molecule has 0 aromatic heterocycles. The molecule has 0 spiro atoms. The van der Waals surface area contributed by atoms with Crippen LogP contribution < -0.4 is 0 Å². The minimum Gasteiger partial charge on any atom is -0.391 e. The summed E-state index contributed by atoms with van der Waals surface area (Å²) < 4.78 is 34.0. The van der Waals surface area contributed by atoms with Crippen LogP contribution in [0.4, 0.5) is 0 Å². The molecule has 0 radical (unpaired) electrons. The van der Waals surface area contributed by atoms with Crippen molar-refractivity contribution in [1.82, 2.24) is 0 Å². The normalized spacial score (nSPS) is 15.2. The highest BCUT2D eigenvalue weighted by Crippen LogP contribution is 2.60. The number of hydrogen-bond acceptors (Lipinski definition) is 6. The molecule has 1 unspecified atom stereocenters. The third kappa shape index (κ3) is 9.84. The molecule has 0 saturated heterocycles. The lowest BCUT2D eigenvalue weighted by Gasteiger charge is -2.26. The summed E-state index contributed by atoms with van der Waals surface area (Å²) in [6, 6.07) is 0. The fraction of sp³-hybridized carbons (Fsp3) is 0.917. The van der Waals surface area contributed by atoms with E-state index in [1.165, 1.54) is 6.92 Å². The van der Waals surface area contributed by atoms with E-state index in [2.05, 4.69) is 0 Å². The number of carbonyl (C=O) groups is 1. The minimum atomic E-state index is -3.57. The summed E-state index contributed by atoms with van der Waals surface area (Å²) in [5, 5.41) is 0. The minimum absolute atomic E-state index is 0.0591. The topological polar surface area (TPSA) is 71.1 Å². The maximum atomic E-state index is 12.6. The molecule has 0 fully saturated rings. The predicted molar refractivity (Wildman–Crippen MR) is 79.8 cm³/mol. The number of carbonyl (C=O) groups excluding carboxylic acids is 1. The second kappa shape index (κ2) is 9.11. The summed E-state index contributed by atoms with van der Waals surface area (Å²) in [4.78, 5) is 11.1. The summed E-state index contributed by atoms with van der Waals surface area (Å²) in [5.74, 6) is -0.700. The molecule has 0 aliphatic rings. The maximum absolute atomic E-state index is 12.6. The summed E-state index contributed by atoms with van der Waals surface area (Å²) in [6.45, 7) is 12.1. The Morgan fingerprint density at radius 1 is 1.00 bits per heavy atom. The second-order valence-electron chi connectivity index (χ2n) is 5.13. The molecule has 0 aliphatic heterocycles. The summed E-state index contributed by atoms with van der Waals surface area (Å²) in [7, 11) is -5.02. The van der Waals surface area contributed by atoms with E-state index in [1.807, 2.05) is 27.7 Å². The van der Waals surface area contributed by atoms with Crippen LogP contribution in [0.15, 0.2) is 0 Å². The van der Waals surface area contributed by atoms with Gasteiger partial charge in [-0.15, -0.1) is 0 Å². The first-order valence-corrected chi connectivity index (χ1v) is 9.72. The molecule has 1 atom stereocenters. The zero-order valence-electron chi connectivity index (χ0n) is 13.3. The molecule has 20 heavy (non-hydrogen) atoms. The molecule has 0 amide bonds. The Bertz CT molecular complexity index is 333. The summed E-state index contributed by atoms with van der Waals surface area (Å²) >= 11 is 0. The van der Waals surface area contributed by atoms with Gasteiger partial charge in [0.25, 0.3) is 0 Å². The van der Waals surface area contributed by atoms with Crippen molar-refractivity contribution in [3.05, 3.63) is 0 Å². The largest absolute Gasteiger partial charge is 0.391 e. The fourth-order valence-corrected chi connectivity index (χ4v) is 5.53. The van der Waals surface area contributed by atoms with Crippen LogP contribution in [0.3, 0.4) is 0 Å². The predicted octanol–water partition coefficient (Wildman–Crippen LogP) is 4.29. The van der Waals surface area contributed by atoms with Crippen molar-refractivity contribution in [2.45, 2.75) is 66.8 Å². The lowest BCUT2D eigenvalue weighted by molar-refractivity contribution is -0.132. The van der Waals surface area contributed by atoms with Gasteiger partial charge in [-0.3, -0.25) is 9.32 Å². The first-order valence-electron chi connectivity index (χ1n) is 6.62. The quantitative estimate of drug-likeness (QED) is 0.588. The van der Waals surface area contributed by atoms with Crippen molar-refractivity contribution in [3.8, 4) is 0 Å². The van der Waals surface area contributed by atoms with Crippen LogP contribution in [0.25, 0.3) is 0 Å². The zero-order chi connectivity index (χ0) is 15.9. The lowest BCUT2D eigenvalue weighted by Crippen LogP contribution is -2.12. The lowest BCUT2D eigenvalue weighted by atomic mass is 10.5. The Balaban J connectivity index is 4.94. The van der Waals surface area contributed by atoms with Crippen LogP contribution in [0.5, 0.6) is 0 Å². The number of hydrogen-bond donors (Lipinski definition) is 0. The van der Waals surface area contributed by atoms with Crippen molar-refractivity contribution >= 4 is 21.9 Å². The summed E-state index contributed by atoms with van der Waals surface area (Å²) in [5.41, 5.74) is 0. The van der Waals surface area contributed by atoms with Gasteiger partial charge in [-0.1, -0.05) is 0 Å². The Morgan fingerprint density at radius 2 is 1.45 bits per heavy atom. The molecule has 0 aliphatic carbocycles. The highest BCUT2D eigenvalue weighted by atomic mass is 31.2. The fourth-order valence-electron chi connectivity index (χ4n) is 1.30. The molecule has 6 nitrogen and oxygen atoms in total. The standard InChI is InChI=1S/C12H26O6P2/c1-9(2)15-19(16-10(3)4)8-20(14,17-11(5)6)18-12(7)13/h9-11H,8H2,1-7H3. The van der Waals surface area contributed by atoms with Gasteiger partial charge in [-0.25, -0.2) is 4.57 Å². The van der Waals surface area contributed by atoms with Crippen LogP contribution in [0.1, 0.15) is 48.5 Å². The first-order chi connectivity index (χ1) is 9.04. The van der Waals surface area contributed by atoms with Crippen molar-refractivity contribution < 1.29 is 27.5 Å². The van der Waals surface area contributed by atoms with E-state index in [0.717, 1.165) is 0 Å². The van der Waals surface area contributed by atoms with Crippen molar-refractivity contribution in [1.29, 1.82) is 0 Å². The molecule has 120 valence electrons. The Morgan fingerprint density at radius 3 is 1.75 bits per heavy atom. The van der Waals surface area contributed by atoms with Gasteiger partial charge in [0.1, 0.15) is 5.90 Å². The Labute approximate surface area is 123 Å². The second-order valence-corrected chi connectivity index (χ2v) is 8.96. The van der Waals surface area contributed by atoms with E-state index >= 15 is 0 Å². The smallest absolute Gasteiger partial charge is 0.390 e. The molecule has 0 bridgehead atoms. The Hall–Kier alpha value is 0.01000. The molecule has 0 aromatic rings. The third-order valence-electron chi connectivity index (χ3n) is 1.58. The van der Waals surface area contributed by atoms with E-state index in [9.17, 15) is 9.36 Å². The van der Waals surface area contributed by atoms with E-state index < -0.39 is 21.9 Å². The van der Waals surface area contributed by atoms with Gasteiger partial charge in [-0.2, -0.15) is 0 Å². The van der Waals surface area contributed by atoms with Crippen LogP contribution in [-0.4, -0.2) is 30.2 Å². The van der Waals surface area contributed by atoms with Gasteiger partial charge >= 0.3 is 13.6 Å². The number of rotatable bonds is 9. The molecule has 8 heteroatoms. The van der Waals surface area contributed by atoms with Crippen LogP contribution >= 0.6 is 16.0 Å². The highest BCUT2D eigenvalue weighted by molar-refractivity contribution is 7.68. The van der Waals surface area contributed by atoms with Gasteiger partial charge in [-0.05, 0) is 41.5 Å². The zero-order valence-corrected chi connectivity index (χ0v) is 15.1. The van der Waals surface area contributed by atoms with E-state index in [0.29, 0.717) is 0 Å². The molecule has 0 N–H and O–H groups in total. The molecule has 0 saturated carbocycles. The SMILES string of the molecule is CC(=O)OP(=O)(CP(OC(C)C)OC(C)C)OC(C)C. The van der Waals surface area contributed by atoms with Gasteiger partial charge < -0.3 is 13.6 Å². The molecule has 0 aromatic carbocycles. The van der Waals surface area contributed by atoms with Gasteiger partial charge in [0.2, 0.25) is 0 Å².